The summed E-state index contributed by atoms with van der Waals surface area (Å²) in [6.45, 7) is 9.13. The highest BCUT2D eigenvalue weighted by Crippen LogP contribution is 2.21. The standard InChI is InChI=1S/C15H24BrN3/c1-3-13-12-14(16)4-5-15(13)17-6-7-19-10-8-18(2)9-11-19/h4-5,12,17H,3,6-11H2,1-2H3. The third-order valence-corrected chi connectivity index (χ3v) is 4.28. The molecule has 1 fully saturated rings. The number of hydrogen-bond acceptors (Lipinski definition) is 3. The van der Waals surface area contributed by atoms with Crippen LogP contribution in [-0.2, 0) is 6.42 Å². The van der Waals surface area contributed by atoms with E-state index in [0.717, 1.165) is 24.0 Å². The lowest BCUT2D eigenvalue weighted by molar-refractivity contribution is 0.158. The third kappa shape index (κ3) is 4.48. The van der Waals surface area contributed by atoms with Crippen molar-refractivity contribution in [2.24, 2.45) is 0 Å². The first-order valence-electron chi connectivity index (χ1n) is 7.12. The largest absolute Gasteiger partial charge is 0.384 e. The molecule has 0 amide bonds. The van der Waals surface area contributed by atoms with Crippen LogP contribution in [0.3, 0.4) is 0 Å². The van der Waals surface area contributed by atoms with Gasteiger partial charge in [-0.25, -0.2) is 0 Å². The summed E-state index contributed by atoms with van der Waals surface area (Å²) in [5.41, 5.74) is 2.66. The van der Waals surface area contributed by atoms with Gasteiger partial charge in [-0.2, -0.15) is 0 Å². The molecule has 1 saturated heterocycles. The number of hydrogen-bond donors (Lipinski definition) is 1. The van der Waals surface area contributed by atoms with Crippen LogP contribution in [0, 0.1) is 0 Å². The van der Waals surface area contributed by atoms with Crippen molar-refractivity contribution in [2.45, 2.75) is 13.3 Å². The molecule has 0 spiro atoms. The molecule has 1 aromatic carbocycles. The van der Waals surface area contributed by atoms with E-state index in [1.54, 1.807) is 0 Å². The first-order chi connectivity index (χ1) is 9.19. The lowest BCUT2D eigenvalue weighted by atomic mass is 10.1. The van der Waals surface area contributed by atoms with Gasteiger partial charge in [-0.05, 0) is 37.2 Å². The van der Waals surface area contributed by atoms with Crippen LogP contribution in [-0.4, -0.2) is 56.1 Å². The predicted octanol–water partition coefficient (Wildman–Crippen LogP) is 2.67. The Bertz CT molecular complexity index is 400. The van der Waals surface area contributed by atoms with Gasteiger partial charge in [0.1, 0.15) is 0 Å². The number of likely N-dealkylation sites (N-methyl/N-ethyl adjacent to an activating group) is 1. The van der Waals surface area contributed by atoms with Crippen LogP contribution < -0.4 is 5.32 Å². The monoisotopic (exact) mass is 325 g/mol. The van der Waals surface area contributed by atoms with Crippen LogP contribution in [0.15, 0.2) is 22.7 Å². The molecule has 0 saturated carbocycles. The van der Waals surface area contributed by atoms with E-state index in [0.29, 0.717) is 0 Å². The van der Waals surface area contributed by atoms with Crippen molar-refractivity contribution in [3.8, 4) is 0 Å². The maximum atomic E-state index is 3.57. The van der Waals surface area contributed by atoms with Crippen molar-refractivity contribution in [3.63, 3.8) is 0 Å². The smallest absolute Gasteiger partial charge is 0.0373 e. The minimum Gasteiger partial charge on any atom is -0.384 e. The zero-order valence-corrected chi connectivity index (χ0v) is 13.5. The second kappa shape index (κ2) is 7.27. The van der Waals surface area contributed by atoms with Crippen molar-refractivity contribution >= 4 is 21.6 Å². The highest BCUT2D eigenvalue weighted by molar-refractivity contribution is 9.10. The summed E-state index contributed by atoms with van der Waals surface area (Å²) < 4.78 is 1.16. The molecule has 2 rings (SSSR count). The van der Waals surface area contributed by atoms with Crippen molar-refractivity contribution in [2.75, 3.05) is 51.6 Å². The molecule has 1 N–H and O–H groups in total. The van der Waals surface area contributed by atoms with E-state index in [9.17, 15) is 0 Å². The molecule has 0 aliphatic carbocycles. The molecule has 0 bridgehead atoms. The van der Waals surface area contributed by atoms with Crippen molar-refractivity contribution in [1.29, 1.82) is 0 Å². The van der Waals surface area contributed by atoms with E-state index in [1.807, 2.05) is 0 Å². The number of rotatable bonds is 5. The molecule has 0 atom stereocenters. The van der Waals surface area contributed by atoms with Crippen LogP contribution in [0.1, 0.15) is 12.5 Å². The SMILES string of the molecule is CCc1cc(Br)ccc1NCCN1CCN(C)CC1. The van der Waals surface area contributed by atoms with Gasteiger partial charge < -0.3 is 10.2 Å². The molecule has 4 heteroatoms. The molecular weight excluding hydrogens is 302 g/mol. The van der Waals surface area contributed by atoms with Gasteiger partial charge in [-0.15, -0.1) is 0 Å². The molecule has 0 unspecified atom stereocenters. The summed E-state index contributed by atoms with van der Waals surface area (Å²) >= 11 is 3.53. The second-order valence-electron chi connectivity index (χ2n) is 5.23. The Hall–Kier alpha value is -0.580. The van der Waals surface area contributed by atoms with Gasteiger partial charge in [-0.1, -0.05) is 22.9 Å². The first kappa shape index (κ1) is 14.8. The Morgan fingerprint density at radius 3 is 2.63 bits per heavy atom. The number of aryl methyl sites for hydroxylation is 1. The maximum absolute atomic E-state index is 3.57. The summed E-state index contributed by atoms with van der Waals surface area (Å²) in [6, 6.07) is 6.49. The van der Waals surface area contributed by atoms with Crippen LogP contribution in [0.4, 0.5) is 5.69 Å². The van der Waals surface area contributed by atoms with E-state index in [2.05, 4.69) is 63.2 Å². The quantitative estimate of drug-likeness (QED) is 0.897. The van der Waals surface area contributed by atoms with E-state index in [4.69, 9.17) is 0 Å². The summed E-state index contributed by atoms with van der Waals surface area (Å²) in [7, 11) is 2.20. The lowest BCUT2D eigenvalue weighted by Crippen LogP contribution is -2.45. The molecule has 1 aliphatic heterocycles. The zero-order valence-electron chi connectivity index (χ0n) is 12.0. The zero-order chi connectivity index (χ0) is 13.7. The number of anilines is 1. The fourth-order valence-electron chi connectivity index (χ4n) is 2.45. The minimum absolute atomic E-state index is 1.03. The maximum Gasteiger partial charge on any atom is 0.0373 e. The van der Waals surface area contributed by atoms with Crippen molar-refractivity contribution < 1.29 is 0 Å². The fraction of sp³-hybridized carbons (Fsp3) is 0.600. The van der Waals surface area contributed by atoms with Crippen molar-refractivity contribution in [3.05, 3.63) is 28.2 Å². The highest BCUT2D eigenvalue weighted by atomic mass is 79.9. The van der Waals surface area contributed by atoms with Gasteiger partial charge in [0.15, 0.2) is 0 Å². The number of nitrogens with zero attached hydrogens (tertiary/aromatic N) is 2. The lowest BCUT2D eigenvalue weighted by Gasteiger charge is -2.32. The summed E-state index contributed by atoms with van der Waals surface area (Å²) in [6.07, 6.45) is 1.07. The summed E-state index contributed by atoms with van der Waals surface area (Å²) in [5, 5.41) is 3.57. The number of benzene rings is 1. The molecule has 106 valence electrons. The van der Waals surface area contributed by atoms with E-state index in [-0.39, 0.29) is 0 Å². The molecule has 1 heterocycles. The van der Waals surface area contributed by atoms with Gasteiger partial charge in [0.2, 0.25) is 0 Å². The Labute approximate surface area is 125 Å². The number of halogens is 1. The Kier molecular flexibility index (Phi) is 5.67. The van der Waals surface area contributed by atoms with E-state index < -0.39 is 0 Å². The third-order valence-electron chi connectivity index (χ3n) is 3.79. The molecule has 19 heavy (non-hydrogen) atoms. The van der Waals surface area contributed by atoms with E-state index in [1.165, 1.54) is 37.4 Å². The normalized spacial score (nSPS) is 17.6. The number of nitrogens with one attached hydrogen (secondary N) is 1. The fourth-order valence-corrected chi connectivity index (χ4v) is 2.86. The molecular formula is C15H24BrN3. The molecule has 1 aromatic rings. The van der Waals surface area contributed by atoms with Crippen molar-refractivity contribution in [1.82, 2.24) is 9.80 Å². The van der Waals surface area contributed by atoms with Crippen LogP contribution in [0.2, 0.25) is 0 Å². The first-order valence-corrected chi connectivity index (χ1v) is 7.91. The highest BCUT2D eigenvalue weighted by Gasteiger charge is 2.12. The summed E-state index contributed by atoms with van der Waals surface area (Å²) in [4.78, 5) is 4.94. The number of piperazine rings is 1. The topological polar surface area (TPSA) is 18.5 Å². The predicted molar refractivity (Wildman–Crippen MR) is 85.9 cm³/mol. The van der Waals surface area contributed by atoms with Gasteiger partial charge >= 0.3 is 0 Å². The molecule has 1 aliphatic rings. The van der Waals surface area contributed by atoms with Crippen LogP contribution in [0.25, 0.3) is 0 Å². The average Bonchev–Trinajstić information content (AvgIpc) is 2.42. The average molecular weight is 326 g/mol. The van der Waals surface area contributed by atoms with Gasteiger partial charge in [-0.3, -0.25) is 4.90 Å². The van der Waals surface area contributed by atoms with E-state index >= 15 is 0 Å². The minimum atomic E-state index is 1.03. The Balaban J connectivity index is 1.79. The van der Waals surface area contributed by atoms with Gasteiger partial charge in [0.25, 0.3) is 0 Å². The Morgan fingerprint density at radius 2 is 1.95 bits per heavy atom. The molecule has 3 nitrogen and oxygen atoms in total. The molecule has 0 aromatic heterocycles. The summed E-state index contributed by atoms with van der Waals surface area (Å²) in [5.74, 6) is 0. The Morgan fingerprint density at radius 1 is 1.21 bits per heavy atom. The second-order valence-corrected chi connectivity index (χ2v) is 6.14. The van der Waals surface area contributed by atoms with Crippen LogP contribution >= 0.6 is 15.9 Å². The van der Waals surface area contributed by atoms with Gasteiger partial charge in [0.05, 0.1) is 0 Å². The van der Waals surface area contributed by atoms with Crippen LogP contribution in [0.5, 0.6) is 0 Å². The molecule has 0 radical (unpaired) electrons. The van der Waals surface area contributed by atoms with Gasteiger partial charge in [0, 0.05) is 49.4 Å².